The molecule has 0 atom stereocenters. The summed E-state index contributed by atoms with van der Waals surface area (Å²) < 4.78 is 21.1. The number of hydrogen-bond donors (Lipinski definition) is 2. The van der Waals surface area contributed by atoms with Crippen LogP contribution in [0.1, 0.15) is 11.4 Å². The first kappa shape index (κ1) is 22.7. The molecule has 0 saturated carbocycles. The standard InChI is InChI=1S/C24H29FN6O2/c1-27-17-5-7-19-21(14-17)28-23(22(26)30-12-10-29(2)11-13-30)31(24(19)32)9-8-16-4-6-18(33-3)15-20(16)25/h4-7,14-15,26-27H,8-13H2,1-3H3. The molecule has 0 spiro atoms. The van der Waals surface area contributed by atoms with Crippen molar-refractivity contribution >= 4 is 22.4 Å². The maximum Gasteiger partial charge on any atom is 0.261 e. The van der Waals surface area contributed by atoms with Crippen LogP contribution in [0.2, 0.25) is 0 Å². The van der Waals surface area contributed by atoms with Crippen LogP contribution in [0.15, 0.2) is 41.2 Å². The molecule has 0 bridgehead atoms. The van der Waals surface area contributed by atoms with E-state index in [4.69, 9.17) is 15.1 Å². The summed E-state index contributed by atoms with van der Waals surface area (Å²) in [6.45, 7) is 3.26. The fourth-order valence-corrected chi connectivity index (χ4v) is 4.03. The number of anilines is 1. The van der Waals surface area contributed by atoms with Crippen LogP contribution in [-0.4, -0.2) is 72.6 Å². The molecule has 1 aliphatic heterocycles. The molecule has 4 rings (SSSR count). The average Bonchev–Trinajstić information content (AvgIpc) is 2.83. The molecule has 1 fully saturated rings. The zero-order valence-corrected chi connectivity index (χ0v) is 19.2. The predicted molar refractivity (Wildman–Crippen MR) is 128 cm³/mol. The van der Waals surface area contributed by atoms with Gasteiger partial charge in [-0.15, -0.1) is 0 Å². The van der Waals surface area contributed by atoms with Crippen LogP contribution in [0, 0.1) is 11.2 Å². The van der Waals surface area contributed by atoms with E-state index in [-0.39, 0.29) is 23.8 Å². The molecule has 0 aliphatic carbocycles. The van der Waals surface area contributed by atoms with E-state index in [9.17, 15) is 9.18 Å². The summed E-state index contributed by atoms with van der Waals surface area (Å²) >= 11 is 0. The summed E-state index contributed by atoms with van der Waals surface area (Å²) in [5, 5.41) is 12.4. The molecule has 1 saturated heterocycles. The number of aromatic nitrogens is 2. The van der Waals surface area contributed by atoms with E-state index in [1.54, 1.807) is 25.2 Å². The van der Waals surface area contributed by atoms with E-state index in [0.29, 0.717) is 47.6 Å². The van der Waals surface area contributed by atoms with Gasteiger partial charge in [-0.2, -0.15) is 0 Å². The fraction of sp³-hybridized carbons (Fsp3) is 0.375. The van der Waals surface area contributed by atoms with E-state index in [1.807, 2.05) is 24.1 Å². The van der Waals surface area contributed by atoms with Gasteiger partial charge >= 0.3 is 0 Å². The quantitative estimate of drug-likeness (QED) is 0.441. The van der Waals surface area contributed by atoms with Crippen molar-refractivity contribution in [1.29, 1.82) is 5.41 Å². The third kappa shape index (κ3) is 4.68. The predicted octanol–water partition coefficient (Wildman–Crippen LogP) is 2.40. The van der Waals surface area contributed by atoms with Crippen LogP contribution in [0.3, 0.4) is 0 Å². The van der Waals surface area contributed by atoms with Gasteiger partial charge in [0.15, 0.2) is 11.7 Å². The Morgan fingerprint density at radius 2 is 1.94 bits per heavy atom. The van der Waals surface area contributed by atoms with Crippen molar-refractivity contribution in [2.75, 3.05) is 52.7 Å². The number of halogens is 1. The number of piperazine rings is 1. The summed E-state index contributed by atoms with van der Waals surface area (Å²) in [7, 11) is 5.34. The van der Waals surface area contributed by atoms with Crippen molar-refractivity contribution < 1.29 is 9.13 Å². The molecule has 174 valence electrons. The lowest BCUT2D eigenvalue weighted by atomic mass is 10.1. The van der Waals surface area contributed by atoms with Crippen molar-refractivity contribution in [3.05, 3.63) is 64.0 Å². The number of amidine groups is 1. The molecule has 33 heavy (non-hydrogen) atoms. The number of benzene rings is 2. The Hall–Kier alpha value is -3.46. The van der Waals surface area contributed by atoms with E-state index in [1.165, 1.54) is 17.7 Å². The highest BCUT2D eigenvalue weighted by Crippen LogP contribution is 2.19. The van der Waals surface area contributed by atoms with Crippen LogP contribution < -0.4 is 15.6 Å². The lowest BCUT2D eigenvalue weighted by molar-refractivity contribution is 0.214. The number of nitrogens with one attached hydrogen (secondary N) is 2. The third-order valence-electron chi connectivity index (χ3n) is 6.14. The average molecular weight is 453 g/mol. The largest absolute Gasteiger partial charge is 0.497 e. The SMILES string of the molecule is CNc1ccc2c(=O)n(CCc3ccc(OC)cc3F)c(C(=N)N3CCN(C)CC3)nc2c1. The molecule has 1 aliphatic rings. The topological polar surface area (TPSA) is 86.5 Å². The van der Waals surface area contributed by atoms with Gasteiger partial charge in [0.05, 0.1) is 18.0 Å². The van der Waals surface area contributed by atoms with Crippen molar-refractivity contribution in [2.45, 2.75) is 13.0 Å². The van der Waals surface area contributed by atoms with Gasteiger partial charge in [-0.05, 0) is 43.3 Å². The van der Waals surface area contributed by atoms with Crippen molar-refractivity contribution in [1.82, 2.24) is 19.4 Å². The van der Waals surface area contributed by atoms with Gasteiger partial charge in [-0.25, -0.2) is 9.37 Å². The first-order valence-electron chi connectivity index (χ1n) is 11.0. The Balaban J connectivity index is 1.74. The maximum absolute atomic E-state index is 14.5. The van der Waals surface area contributed by atoms with Crippen LogP contribution in [-0.2, 0) is 13.0 Å². The number of fused-ring (bicyclic) bond motifs is 1. The number of likely N-dealkylation sites (N-methyl/N-ethyl adjacent to an activating group) is 1. The highest BCUT2D eigenvalue weighted by atomic mass is 19.1. The zero-order valence-electron chi connectivity index (χ0n) is 19.2. The molecule has 8 nitrogen and oxygen atoms in total. The molecule has 0 amide bonds. The molecule has 3 aromatic rings. The third-order valence-corrected chi connectivity index (χ3v) is 6.14. The van der Waals surface area contributed by atoms with Gasteiger partial charge in [0.25, 0.3) is 5.56 Å². The molecule has 0 unspecified atom stereocenters. The number of nitrogens with zero attached hydrogens (tertiary/aromatic N) is 4. The molecule has 2 heterocycles. The molecular formula is C24H29FN6O2. The second kappa shape index (κ2) is 9.58. The van der Waals surface area contributed by atoms with Gasteiger partial charge in [-0.3, -0.25) is 14.8 Å². The first-order valence-corrected chi connectivity index (χ1v) is 11.0. The van der Waals surface area contributed by atoms with Gasteiger partial charge in [-0.1, -0.05) is 6.07 Å². The van der Waals surface area contributed by atoms with Crippen LogP contribution >= 0.6 is 0 Å². The molecular weight excluding hydrogens is 423 g/mol. The summed E-state index contributed by atoms with van der Waals surface area (Å²) in [4.78, 5) is 22.3. The molecule has 2 N–H and O–H groups in total. The zero-order chi connectivity index (χ0) is 23.5. The molecule has 1 aromatic heterocycles. The minimum Gasteiger partial charge on any atom is -0.497 e. The van der Waals surface area contributed by atoms with E-state index < -0.39 is 0 Å². The normalized spacial score (nSPS) is 14.5. The second-order valence-electron chi connectivity index (χ2n) is 8.22. The van der Waals surface area contributed by atoms with E-state index in [2.05, 4.69) is 10.2 Å². The smallest absolute Gasteiger partial charge is 0.261 e. The van der Waals surface area contributed by atoms with Gasteiger partial charge in [0, 0.05) is 51.5 Å². The molecule has 2 aromatic carbocycles. The molecule has 9 heteroatoms. The number of rotatable bonds is 6. The Bertz CT molecular complexity index is 1230. The van der Waals surface area contributed by atoms with Crippen LogP contribution in [0.25, 0.3) is 10.9 Å². The maximum atomic E-state index is 14.5. The van der Waals surface area contributed by atoms with Crippen molar-refractivity contribution in [2.24, 2.45) is 0 Å². The molecule has 0 radical (unpaired) electrons. The Morgan fingerprint density at radius 1 is 1.18 bits per heavy atom. The summed E-state index contributed by atoms with van der Waals surface area (Å²) in [5.74, 6) is 0.579. The number of aryl methyl sites for hydroxylation is 1. The van der Waals surface area contributed by atoms with E-state index >= 15 is 0 Å². The van der Waals surface area contributed by atoms with Crippen LogP contribution in [0.5, 0.6) is 5.75 Å². The minimum atomic E-state index is -0.384. The van der Waals surface area contributed by atoms with Crippen molar-refractivity contribution in [3.63, 3.8) is 0 Å². The van der Waals surface area contributed by atoms with Gasteiger partial charge in [0.2, 0.25) is 0 Å². The van der Waals surface area contributed by atoms with E-state index in [0.717, 1.165) is 18.8 Å². The Labute approximate surface area is 192 Å². The highest BCUT2D eigenvalue weighted by molar-refractivity contribution is 5.95. The number of hydrogen-bond acceptors (Lipinski definition) is 6. The summed E-state index contributed by atoms with van der Waals surface area (Å²) in [5.41, 5.74) is 1.62. The number of methoxy groups -OCH3 is 1. The van der Waals surface area contributed by atoms with Gasteiger partial charge in [0.1, 0.15) is 11.6 Å². The van der Waals surface area contributed by atoms with Gasteiger partial charge < -0.3 is 19.9 Å². The Morgan fingerprint density at radius 3 is 2.61 bits per heavy atom. The Kier molecular flexibility index (Phi) is 6.60. The van der Waals surface area contributed by atoms with Crippen LogP contribution in [0.4, 0.5) is 10.1 Å². The lowest BCUT2D eigenvalue weighted by Crippen LogP contribution is -2.48. The second-order valence-corrected chi connectivity index (χ2v) is 8.22. The van der Waals surface area contributed by atoms with Crippen molar-refractivity contribution in [3.8, 4) is 5.75 Å². The number of ether oxygens (including phenoxy) is 1. The lowest BCUT2D eigenvalue weighted by Gasteiger charge is -2.34. The highest BCUT2D eigenvalue weighted by Gasteiger charge is 2.23. The monoisotopic (exact) mass is 452 g/mol. The first-order chi connectivity index (χ1) is 15.9. The summed E-state index contributed by atoms with van der Waals surface area (Å²) in [6.07, 6.45) is 0.292. The summed E-state index contributed by atoms with van der Waals surface area (Å²) in [6, 6.07) is 10.1. The fourth-order valence-electron chi connectivity index (χ4n) is 4.03. The minimum absolute atomic E-state index is 0.213.